The van der Waals surface area contributed by atoms with Crippen molar-refractivity contribution in [1.82, 2.24) is 14.8 Å². The van der Waals surface area contributed by atoms with E-state index < -0.39 is 10.0 Å². The number of carbonyl (C=O) groups is 1. The molecule has 2 rings (SSSR count). The van der Waals surface area contributed by atoms with Crippen LogP contribution < -0.4 is 5.32 Å². The summed E-state index contributed by atoms with van der Waals surface area (Å²) >= 11 is 0. The van der Waals surface area contributed by atoms with Crippen LogP contribution in [0.1, 0.15) is 38.1 Å². The SMILES string of the molecule is Cc1noc(C)c1S(=O)(=O)N1CCCC(C(=O)NCC(C)C)C1. The summed E-state index contributed by atoms with van der Waals surface area (Å²) in [4.78, 5) is 12.4. The predicted molar refractivity (Wildman–Crippen MR) is 85.3 cm³/mol. The number of carbonyl (C=O) groups excluding carboxylic acids is 1. The molecule has 7 nitrogen and oxygen atoms in total. The van der Waals surface area contributed by atoms with Crippen molar-refractivity contribution in [3.63, 3.8) is 0 Å². The first-order chi connectivity index (χ1) is 10.7. The van der Waals surface area contributed by atoms with Crippen LogP contribution in [0.3, 0.4) is 0 Å². The maximum absolute atomic E-state index is 12.8. The number of piperidine rings is 1. The van der Waals surface area contributed by atoms with E-state index in [0.717, 1.165) is 0 Å². The average molecular weight is 343 g/mol. The van der Waals surface area contributed by atoms with Gasteiger partial charge >= 0.3 is 0 Å². The van der Waals surface area contributed by atoms with Crippen LogP contribution in [0.2, 0.25) is 0 Å². The number of amides is 1. The highest BCUT2D eigenvalue weighted by atomic mass is 32.2. The molecule has 1 atom stereocenters. The molecule has 0 aromatic carbocycles. The first kappa shape index (κ1) is 17.9. The third-order valence-corrected chi connectivity index (χ3v) is 6.12. The van der Waals surface area contributed by atoms with Crippen molar-refractivity contribution < 1.29 is 17.7 Å². The fraction of sp³-hybridized carbons (Fsp3) is 0.733. The van der Waals surface area contributed by atoms with Crippen molar-refractivity contribution in [2.24, 2.45) is 11.8 Å². The van der Waals surface area contributed by atoms with E-state index in [4.69, 9.17) is 4.52 Å². The van der Waals surface area contributed by atoms with E-state index in [1.54, 1.807) is 13.8 Å². The number of nitrogens with zero attached hydrogens (tertiary/aromatic N) is 2. The van der Waals surface area contributed by atoms with Crippen LogP contribution in [0.15, 0.2) is 9.42 Å². The number of aryl methyl sites for hydroxylation is 2. The Hall–Kier alpha value is -1.41. The van der Waals surface area contributed by atoms with Crippen molar-refractivity contribution in [2.75, 3.05) is 19.6 Å². The third kappa shape index (κ3) is 3.92. The molecule has 1 aliphatic rings. The zero-order valence-corrected chi connectivity index (χ0v) is 14.9. The van der Waals surface area contributed by atoms with Crippen molar-refractivity contribution in [3.8, 4) is 0 Å². The number of sulfonamides is 1. The van der Waals surface area contributed by atoms with Gasteiger partial charge in [0.05, 0.1) is 5.92 Å². The Morgan fingerprint density at radius 1 is 1.43 bits per heavy atom. The number of hydrogen-bond acceptors (Lipinski definition) is 5. The third-order valence-electron chi connectivity index (χ3n) is 4.01. The minimum absolute atomic E-state index is 0.0719. The Kier molecular flexibility index (Phi) is 5.46. The van der Waals surface area contributed by atoms with Gasteiger partial charge in [-0.05, 0) is 32.6 Å². The van der Waals surface area contributed by atoms with E-state index in [1.807, 2.05) is 13.8 Å². The van der Waals surface area contributed by atoms with Crippen molar-refractivity contribution in [1.29, 1.82) is 0 Å². The zero-order valence-electron chi connectivity index (χ0n) is 14.1. The quantitative estimate of drug-likeness (QED) is 0.874. The van der Waals surface area contributed by atoms with Gasteiger partial charge in [-0.3, -0.25) is 4.79 Å². The van der Waals surface area contributed by atoms with Gasteiger partial charge in [-0.1, -0.05) is 19.0 Å². The molecule has 23 heavy (non-hydrogen) atoms. The molecular formula is C15H25N3O4S. The minimum Gasteiger partial charge on any atom is -0.360 e. The molecule has 1 saturated heterocycles. The van der Waals surface area contributed by atoms with E-state index in [2.05, 4.69) is 10.5 Å². The lowest BCUT2D eigenvalue weighted by Crippen LogP contribution is -2.46. The maximum atomic E-state index is 12.8. The molecule has 8 heteroatoms. The summed E-state index contributed by atoms with van der Waals surface area (Å²) in [6, 6.07) is 0. The standard InChI is InChI=1S/C15H25N3O4S/c1-10(2)8-16-15(19)13-6-5-7-18(9-13)23(20,21)14-11(3)17-22-12(14)4/h10,13H,5-9H2,1-4H3,(H,16,19). The number of hydrogen-bond donors (Lipinski definition) is 1. The van der Waals surface area contributed by atoms with Gasteiger partial charge in [0.2, 0.25) is 15.9 Å². The molecule has 1 amide bonds. The largest absolute Gasteiger partial charge is 0.360 e. The van der Waals surface area contributed by atoms with Crippen molar-refractivity contribution in [3.05, 3.63) is 11.5 Å². The lowest BCUT2D eigenvalue weighted by Gasteiger charge is -2.31. The van der Waals surface area contributed by atoms with Gasteiger partial charge in [-0.2, -0.15) is 4.31 Å². The van der Waals surface area contributed by atoms with Crippen molar-refractivity contribution in [2.45, 2.75) is 45.4 Å². The predicted octanol–water partition coefficient (Wildman–Crippen LogP) is 1.46. The highest BCUT2D eigenvalue weighted by Crippen LogP contribution is 2.27. The monoisotopic (exact) mass is 343 g/mol. The molecule has 130 valence electrons. The molecule has 0 radical (unpaired) electrons. The molecule has 0 spiro atoms. The first-order valence-electron chi connectivity index (χ1n) is 7.94. The van der Waals surface area contributed by atoms with Gasteiger partial charge in [0.15, 0.2) is 5.76 Å². The summed E-state index contributed by atoms with van der Waals surface area (Å²) in [5.74, 6) is 0.272. The summed E-state index contributed by atoms with van der Waals surface area (Å²) in [6.45, 7) is 8.47. The fourth-order valence-electron chi connectivity index (χ4n) is 2.80. The highest BCUT2D eigenvalue weighted by molar-refractivity contribution is 7.89. The van der Waals surface area contributed by atoms with Gasteiger partial charge in [0, 0.05) is 19.6 Å². The Morgan fingerprint density at radius 3 is 2.70 bits per heavy atom. The molecule has 1 N–H and O–H groups in total. The van der Waals surface area contributed by atoms with Crippen molar-refractivity contribution >= 4 is 15.9 Å². The Morgan fingerprint density at radius 2 is 2.13 bits per heavy atom. The van der Waals surface area contributed by atoms with Crippen LogP contribution in [-0.2, 0) is 14.8 Å². The summed E-state index contributed by atoms with van der Waals surface area (Å²) < 4.78 is 32.0. The molecule has 1 aliphatic heterocycles. The maximum Gasteiger partial charge on any atom is 0.248 e. The zero-order chi connectivity index (χ0) is 17.2. The second-order valence-corrected chi connectivity index (χ2v) is 8.37. The fourth-order valence-corrected chi connectivity index (χ4v) is 4.61. The van der Waals surface area contributed by atoms with E-state index >= 15 is 0 Å². The molecule has 0 aliphatic carbocycles. The first-order valence-corrected chi connectivity index (χ1v) is 9.38. The van der Waals surface area contributed by atoms with Gasteiger partial charge < -0.3 is 9.84 Å². The summed E-state index contributed by atoms with van der Waals surface area (Å²) in [7, 11) is -3.68. The van der Waals surface area contributed by atoms with Gasteiger partial charge in [-0.25, -0.2) is 8.42 Å². The number of nitrogens with one attached hydrogen (secondary N) is 1. The van der Waals surface area contributed by atoms with Crippen LogP contribution in [0.5, 0.6) is 0 Å². The molecule has 0 saturated carbocycles. The van der Waals surface area contributed by atoms with Gasteiger partial charge in [0.1, 0.15) is 10.6 Å². The smallest absolute Gasteiger partial charge is 0.248 e. The normalized spacial score (nSPS) is 20.0. The average Bonchev–Trinajstić information content (AvgIpc) is 2.84. The van der Waals surface area contributed by atoms with Crippen LogP contribution in [0.4, 0.5) is 0 Å². The molecule has 1 fully saturated rings. The van der Waals surface area contributed by atoms with E-state index in [0.29, 0.717) is 37.5 Å². The summed E-state index contributed by atoms with van der Waals surface area (Å²) in [6.07, 6.45) is 1.37. The molecular weight excluding hydrogens is 318 g/mol. The molecule has 2 heterocycles. The van der Waals surface area contributed by atoms with Gasteiger partial charge in [0.25, 0.3) is 0 Å². The lowest BCUT2D eigenvalue weighted by atomic mass is 9.98. The summed E-state index contributed by atoms with van der Waals surface area (Å²) in [5.41, 5.74) is 0.355. The lowest BCUT2D eigenvalue weighted by molar-refractivity contribution is -0.126. The van der Waals surface area contributed by atoms with E-state index in [9.17, 15) is 13.2 Å². The van der Waals surface area contributed by atoms with E-state index in [-0.39, 0.29) is 29.0 Å². The molecule has 1 aromatic rings. The second kappa shape index (κ2) is 7.00. The Bertz CT molecular complexity index is 647. The number of rotatable bonds is 5. The van der Waals surface area contributed by atoms with E-state index in [1.165, 1.54) is 4.31 Å². The highest BCUT2D eigenvalue weighted by Gasteiger charge is 2.36. The van der Waals surface area contributed by atoms with Crippen LogP contribution in [-0.4, -0.2) is 43.4 Å². The molecule has 0 bridgehead atoms. The molecule has 1 aromatic heterocycles. The minimum atomic E-state index is -3.68. The van der Waals surface area contributed by atoms with Crippen LogP contribution >= 0.6 is 0 Å². The summed E-state index contributed by atoms with van der Waals surface area (Å²) in [5, 5.41) is 6.61. The topological polar surface area (TPSA) is 92.5 Å². The Balaban J connectivity index is 2.13. The van der Waals surface area contributed by atoms with Crippen LogP contribution in [0.25, 0.3) is 0 Å². The second-order valence-electron chi connectivity index (χ2n) is 6.49. The van der Waals surface area contributed by atoms with Crippen LogP contribution in [0, 0.1) is 25.7 Å². The Labute approximate surface area is 137 Å². The number of aromatic nitrogens is 1. The van der Waals surface area contributed by atoms with Gasteiger partial charge in [-0.15, -0.1) is 0 Å². The molecule has 1 unspecified atom stereocenters.